The molecule has 0 radical (unpaired) electrons. The summed E-state index contributed by atoms with van der Waals surface area (Å²) in [5, 5.41) is 7.75. The molecule has 0 aliphatic rings. The lowest BCUT2D eigenvalue weighted by Crippen LogP contribution is -2.27. The quantitative estimate of drug-likeness (QED) is 0.607. The molecule has 0 spiro atoms. The van der Waals surface area contributed by atoms with E-state index in [9.17, 15) is 4.79 Å². The van der Waals surface area contributed by atoms with Crippen LogP contribution >= 0.6 is 0 Å². The number of anilines is 1. The Bertz CT molecular complexity index is 1010. The van der Waals surface area contributed by atoms with E-state index in [1.54, 1.807) is 6.20 Å². The lowest BCUT2D eigenvalue weighted by Gasteiger charge is -2.23. The normalized spacial score (nSPS) is 12.2. The molecule has 0 saturated heterocycles. The van der Waals surface area contributed by atoms with Crippen molar-refractivity contribution < 1.29 is 9.21 Å². The van der Waals surface area contributed by atoms with Crippen LogP contribution in [0.5, 0.6) is 0 Å². The van der Waals surface area contributed by atoms with Gasteiger partial charge in [0.15, 0.2) is 11.7 Å². The molecule has 0 aliphatic heterocycles. The third-order valence-corrected chi connectivity index (χ3v) is 4.84. The molecule has 0 aliphatic carbocycles. The predicted octanol–water partition coefficient (Wildman–Crippen LogP) is 5.47. The monoisotopic (exact) mass is 408 g/mol. The van der Waals surface area contributed by atoms with E-state index in [1.807, 2.05) is 41.9 Å². The highest BCUT2D eigenvalue weighted by molar-refractivity contribution is 5.90. The summed E-state index contributed by atoms with van der Waals surface area (Å²) >= 11 is 0. The summed E-state index contributed by atoms with van der Waals surface area (Å²) in [5.74, 6) is 1.90. The van der Waals surface area contributed by atoms with Gasteiger partial charge in [-0.2, -0.15) is 5.10 Å². The number of oxazole rings is 1. The van der Waals surface area contributed by atoms with Crippen molar-refractivity contribution in [2.45, 2.75) is 72.3 Å². The van der Waals surface area contributed by atoms with Gasteiger partial charge >= 0.3 is 0 Å². The van der Waals surface area contributed by atoms with E-state index in [2.05, 4.69) is 51.8 Å². The number of nitrogens with one attached hydrogen (secondary N) is 1. The molecular weight excluding hydrogens is 376 g/mol. The second kappa shape index (κ2) is 8.09. The van der Waals surface area contributed by atoms with Crippen LogP contribution in [0.15, 0.2) is 40.9 Å². The van der Waals surface area contributed by atoms with Crippen molar-refractivity contribution in [1.29, 1.82) is 0 Å². The molecule has 2 aromatic heterocycles. The summed E-state index contributed by atoms with van der Waals surface area (Å²) in [7, 11) is 0. The van der Waals surface area contributed by atoms with E-state index < -0.39 is 0 Å². The number of aromatic nitrogens is 3. The zero-order chi connectivity index (χ0) is 22.1. The molecule has 0 unspecified atom stereocenters. The van der Waals surface area contributed by atoms with Gasteiger partial charge < -0.3 is 9.73 Å². The van der Waals surface area contributed by atoms with Crippen molar-refractivity contribution in [1.82, 2.24) is 14.8 Å². The molecule has 2 heterocycles. The predicted molar refractivity (Wildman–Crippen MR) is 120 cm³/mol. The second-order valence-electron chi connectivity index (χ2n) is 9.78. The molecular formula is C24H32N4O2. The van der Waals surface area contributed by atoms with Crippen LogP contribution in [-0.2, 0) is 22.2 Å². The molecule has 3 aromatic rings. The van der Waals surface area contributed by atoms with Crippen molar-refractivity contribution in [3.63, 3.8) is 0 Å². The van der Waals surface area contributed by atoms with Crippen LogP contribution < -0.4 is 5.32 Å². The van der Waals surface area contributed by atoms with Crippen LogP contribution in [0.2, 0.25) is 0 Å². The Balaban J connectivity index is 1.67. The minimum atomic E-state index is -0.238. The maximum atomic E-state index is 12.6. The first-order valence-corrected chi connectivity index (χ1v) is 10.4. The van der Waals surface area contributed by atoms with E-state index in [0.29, 0.717) is 23.9 Å². The lowest BCUT2D eigenvalue weighted by atomic mass is 9.92. The number of carbonyl (C=O) groups is 1. The summed E-state index contributed by atoms with van der Waals surface area (Å²) < 4.78 is 7.71. The Hall–Kier alpha value is -2.89. The van der Waals surface area contributed by atoms with Gasteiger partial charge in [0.05, 0.1) is 17.4 Å². The number of amides is 1. The molecule has 0 bridgehead atoms. The van der Waals surface area contributed by atoms with E-state index in [-0.39, 0.29) is 23.3 Å². The number of benzene rings is 1. The number of hydrogen-bond donors (Lipinski definition) is 1. The zero-order valence-electron chi connectivity index (χ0n) is 19.0. The van der Waals surface area contributed by atoms with E-state index in [4.69, 9.17) is 9.52 Å². The van der Waals surface area contributed by atoms with Gasteiger partial charge in [-0.15, -0.1) is 0 Å². The summed E-state index contributed by atoms with van der Waals surface area (Å²) in [4.78, 5) is 16.9. The molecule has 3 rings (SSSR count). The highest BCUT2D eigenvalue weighted by atomic mass is 16.4. The van der Waals surface area contributed by atoms with Crippen molar-refractivity contribution >= 4 is 11.7 Å². The van der Waals surface area contributed by atoms with Crippen molar-refractivity contribution in [2.24, 2.45) is 0 Å². The van der Waals surface area contributed by atoms with Crippen molar-refractivity contribution in [3.8, 4) is 11.3 Å². The minimum Gasteiger partial charge on any atom is -0.441 e. The van der Waals surface area contributed by atoms with Gasteiger partial charge in [-0.25, -0.2) is 9.67 Å². The summed E-state index contributed by atoms with van der Waals surface area (Å²) in [5.41, 5.74) is 2.79. The standard InChI is InChI=1S/C24H32N4O2/c1-16-8-10-17(11-9-16)18-15-25-22(30-18)13-12-21(29)26-20-14-19(23(2,3)4)27-28(20)24(5,6)7/h8-11,14-15H,12-13H2,1-7H3,(H,26,29). The zero-order valence-corrected chi connectivity index (χ0v) is 19.0. The van der Waals surface area contributed by atoms with Crippen molar-refractivity contribution in [2.75, 3.05) is 5.32 Å². The minimum absolute atomic E-state index is 0.0871. The molecule has 160 valence electrons. The molecule has 0 atom stereocenters. The molecule has 6 heteroatoms. The van der Waals surface area contributed by atoms with Crippen LogP contribution in [0.4, 0.5) is 5.82 Å². The fourth-order valence-electron chi connectivity index (χ4n) is 3.05. The summed E-state index contributed by atoms with van der Waals surface area (Å²) in [6, 6.07) is 10.0. The Morgan fingerprint density at radius 2 is 1.77 bits per heavy atom. The SMILES string of the molecule is Cc1ccc(-c2cnc(CCC(=O)Nc3cc(C(C)(C)C)nn3C(C)(C)C)o2)cc1. The van der Waals surface area contributed by atoms with Gasteiger partial charge in [-0.05, 0) is 27.7 Å². The number of carbonyl (C=O) groups excluding carboxylic acids is 1. The second-order valence-corrected chi connectivity index (χ2v) is 9.78. The molecule has 6 nitrogen and oxygen atoms in total. The number of nitrogens with zero attached hydrogens (tertiary/aromatic N) is 3. The van der Waals surface area contributed by atoms with E-state index in [1.165, 1.54) is 5.56 Å². The fourth-order valence-corrected chi connectivity index (χ4v) is 3.05. The van der Waals surface area contributed by atoms with Crippen LogP contribution in [0, 0.1) is 6.92 Å². The maximum absolute atomic E-state index is 12.6. The first kappa shape index (κ1) is 21.8. The van der Waals surface area contributed by atoms with E-state index >= 15 is 0 Å². The third-order valence-electron chi connectivity index (χ3n) is 4.84. The first-order chi connectivity index (χ1) is 13.9. The van der Waals surface area contributed by atoms with Gasteiger partial charge in [0.1, 0.15) is 5.82 Å². The van der Waals surface area contributed by atoms with Gasteiger partial charge in [0.2, 0.25) is 5.91 Å². The van der Waals surface area contributed by atoms with Crippen LogP contribution in [0.3, 0.4) is 0 Å². The van der Waals surface area contributed by atoms with Gasteiger partial charge in [0, 0.05) is 29.9 Å². The molecule has 0 fully saturated rings. The average Bonchev–Trinajstić information content (AvgIpc) is 3.27. The Morgan fingerprint density at radius 1 is 1.10 bits per heavy atom. The smallest absolute Gasteiger partial charge is 0.226 e. The highest BCUT2D eigenvalue weighted by Gasteiger charge is 2.25. The summed E-state index contributed by atoms with van der Waals surface area (Å²) in [6.07, 6.45) is 2.43. The Kier molecular flexibility index (Phi) is 5.88. The average molecular weight is 409 g/mol. The molecule has 0 saturated carbocycles. The maximum Gasteiger partial charge on any atom is 0.226 e. The van der Waals surface area contributed by atoms with E-state index in [0.717, 1.165) is 11.3 Å². The molecule has 1 N–H and O–H groups in total. The number of aryl methyl sites for hydroxylation is 2. The van der Waals surface area contributed by atoms with Crippen LogP contribution in [0.1, 0.15) is 65.1 Å². The van der Waals surface area contributed by atoms with Gasteiger partial charge in [0.25, 0.3) is 0 Å². The number of rotatable bonds is 5. The van der Waals surface area contributed by atoms with Gasteiger partial charge in [-0.3, -0.25) is 4.79 Å². The van der Waals surface area contributed by atoms with Gasteiger partial charge in [-0.1, -0.05) is 50.6 Å². The third kappa shape index (κ3) is 5.17. The van der Waals surface area contributed by atoms with Crippen molar-refractivity contribution in [3.05, 3.63) is 53.7 Å². The topological polar surface area (TPSA) is 73.0 Å². The Morgan fingerprint density at radius 3 is 2.37 bits per heavy atom. The first-order valence-electron chi connectivity index (χ1n) is 10.4. The van der Waals surface area contributed by atoms with Crippen LogP contribution in [-0.4, -0.2) is 20.7 Å². The number of hydrogen-bond acceptors (Lipinski definition) is 4. The Labute approximate surface area is 178 Å². The van der Waals surface area contributed by atoms with Crippen LogP contribution in [0.25, 0.3) is 11.3 Å². The molecule has 1 amide bonds. The highest BCUT2D eigenvalue weighted by Crippen LogP contribution is 2.28. The fraction of sp³-hybridized carbons (Fsp3) is 0.458. The largest absolute Gasteiger partial charge is 0.441 e. The summed E-state index contributed by atoms with van der Waals surface area (Å²) in [6.45, 7) is 14.6. The molecule has 1 aromatic carbocycles. The lowest BCUT2D eigenvalue weighted by molar-refractivity contribution is -0.116. The molecule has 30 heavy (non-hydrogen) atoms.